The van der Waals surface area contributed by atoms with Crippen LogP contribution >= 0.6 is 15.9 Å². The Morgan fingerprint density at radius 3 is 2.38 bits per heavy atom. The van der Waals surface area contributed by atoms with Gasteiger partial charge in [-0.3, -0.25) is 15.6 Å². The first kappa shape index (κ1) is 18.1. The van der Waals surface area contributed by atoms with Gasteiger partial charge in [-0.05, 0) is 43.3 Å². The van der Waals surface area contributed by atoms with Crippen molar-refractivity contribution in [3.05, 3.63) is 58.6 Å². The van der Waals surface area contributed by atoms with Crippen LogP contribution in [-0.4, -0.2) is 12.0 Å². The fourth-order valence-corrected chi connectivity index (χ4v) is 2.11. The van der Waals surface area contributed by atoms with Crippen molar-refractivity contribution in [1.82, 2.24) is 5.43 Å². The number of alkyl halides is 3. The zero-order valence-corrected chi connectivity index (χ0v) is 14.1. The van der Waals surface area contributed by atoms with Crippen molar-refractivity contribution < 1.29 is 22.7 Å². The topological polar surface area (TPSA) is 50.4 Å². The SMILES string of the molecule is CC(Oc1ccc(Br)cc1)C(=O)NNc1ccccc1C(F)(F)F. The van der Waals surface area contributed by atoms with Gasteiger partial charge in [-0.2, -0.15) is 13.2 Å². The van der Waals surface area contributed by atoms with Crippen molar-refractivity contribution in [2.45, 2.75) is 19.2 Å². The van der Waals surface area contributed by atoms with E-state index in [4.69, 9.17) is 4.74 Å². The Morgan fingerprint density at radius 2 is 1.75 bits per heavy atom. The Balaban J connectivity index is 1.97. The Labute approximate surface area is 145 Å². The van der Waals surface area contributed by atoms with Gasteiger partial charge in [-0.15, -0.1) is 0 Å². The van der Waals surface area contributed by atoms with Gasteiger partial charge in [0, 0.05) is 4.47 Å². The molecule has 128 valence electrons. The molecule has 0 aromatic heterocycles. The van der Waals surface area contributed by atoms with Crippen molar-refractivity contribution in [3.63, 3.8) is 0 Å². The number of carbonyl (C=O) groups excluding carboxylic acids is 1. The van der Waals surface area contributed by atoms with Crippen LogP contribution in [0.1, 0.15) is 12.5 Å². The standard InChI is InChI=1S/C16H14BrF3N2O2/c1-10(24-12-8-6-11(17)7-9-12)15(23)22-21-14-5-3-2-4-13(14)16(18,19)20/h2-10,21H,1H3,(H,22,23). The lowest BCUT2D eigenvalue weighted by molar-refractivity contribution is -0.137. The predicted octanol–water partition coefficient (Wildman–Crippen LogP) is 4.38. The third-order valence-electron chi connectivity index (χ3n) is 3.05. The van der Waals surface area contributed by atoms with E-state index < -0.39 is 23.8 Å². The third kappa shape index (κ3) is 4.89. The van der Waals surface area contributed by atoms with Crippen molar-refractivity contribution in [3.8, 4) is 5.75 Å². The van der Waals surface area contributed by atoms with Crippen molar-refractivity contribution in [1.29, 1.82) is 0 Å². The molecule has 2 aromatic rings. The number of rotatable bonds is 5. The van der Waals surface area contributed by atoms with Gasteiger partial charge < -0.3 is 4.74 Å². The van der Waals surface area contributed by atoms with E-state index in [1.54, 1.807) is 24.3 Å². The summed E-state index contributed by atoms with van der Waals surface area (Å²) in [6.07, 6.45) is -5.41. The molecule has 1 atom stereocenters. The summed E-state index contributed by atoms with van der Waals surface area (Å²) in [4.78, 5) is 12.0. The molecule has 2 N–H and O–H groups in total. The maximum atomic E-state index is 12.9. The van der Waals surface area contributed by atoms with E-state index in [1.807, 2.05) is 0 Å². The van der Waals surface area contributed by atoms with Crippen molar-refractivity contribution in [2.75, 3.05) is 5.43 Å². The first-order chi connectivity index (χ1) is 11.3. The Bertz CT molecular complexity index is 705. The highest BCUT2D eigenvalue weighted by Crippen LogP contribution is 2.34. The molecule has 2 aromatic carbocycles. The number of anilines is 1. The number of benzene rings is 2. The molecular weight excluding hydrogens is 389 g/mol. The highest BCUT2D eigenvalue weighted by Gasteiger charge is 2.33. The number of nitrogens with one attached hydrogen (secondary N) is 2. The molecule has 4 nitrogen and oxygen atoms in total. The molecular formula is C16H14BrF3N2O2. The van der Waals surface area contributed by atoms with Gasteiger partial charge in [0.15, 0.2) is 6.10 Å². The summed E-state index contributed by atoms with van der Waals surface area (Å²) in [5, 5.41) is 0. The quantitative estimate of drug-likeness (QED) is 0.729. The summed E-state index contributed by atoms with van der Waals surface area (Å²) < 4.78 is 44.9. The number of ether oxygens (including phenoxy) is 1. The molecule has 0 radical (unpaired) electrons. The Morgan fingerprint density at radius 1 is 1.12 bits per heavy atom. The average molecular weight is 403 g/mol. The van der Waals surface area contributed by atoms with Crippen LogP contribution in [0.2, 0.25) is 0 Å². The van der Waals surface area contributed by atoms with Crippen LogP contribution in [0.5, 0.6) is 5.75 Å². The smallest absolute Gasteiger partial charge is 0.418 e. The predicted molar refractivity (Wildman–Crippen MR) is 87.4 cm³/mol. The van der Waals surface area contributed by atoms with Crippen LogP contribution in [0.25, 0.3) is 0 Å². The molecule has 0 saturated carbocycles. The minimum Gasteiger partial charge on any atom is -0.481 e. The van der Waals surface area contributed by atoms with Gasteiger partial charge >= 0.3 is 6.18 Å². The maximum Gasteiger partial charge on any atom is 0.418 e. The first-order valence-electron chi connectivity index (χ1n) is 6.91. The van der Waals surface area contributed by atoms with Gasteiger partial charge in [-0.25, -0.2) is 0 Å². The molecule has 2 rings (SSSR count). The lowest BCUT2D eigenvalue weighted by Gasteiger charge is -2.18. The summed E-state index contributed by atoms with van der Waals surface area (Å²) in [5.41, 5.74) is 3.40. The van der Waals surface area contributed by atoms with Crippen molar-refractivity contribution in [2.24, 2.45) is 0 Å². The highest BCUT2D eigenvalue weighted by atomic mass is 79.9. The molecule has 0 bridgehead atoms. The fraction of sp³-hybridized carbons (Fsp3) is 0.188. The molecule has 24 heavy (non-hydrogen) atoms. The van der Waals surface area contributed by atoms with Crippen LogP contribution < -0.4 is 15.6 Å². The zero-order valence-electron chi connectivity index (χ0n) is 12.5. The van der Waals surface area contributed by atoms with E-state index >= 15 is 0 Å². The zero-order chi connectivity index (χ0) is 17.7. The molecule has 8 heteroatoms. The molecule has 0 heterocycles. The summed E-state index contributed by atoms with van der Waals surface area (Å²) in [6, 6.07) is 11.7. The Kier molecular flexibility index (Phi) is 5.71. The van der Waals surface area contributed by atoms with E-state index in [0.717, 1.165) is 10.5 Å². The van der Waals surface area contributed by atoms with Crippen LogP contribution in [0, 0.1) is 0 Å². The number of hydrogen-bond acceptors (Lipinski definition) is 3. The number of hydrazine groups is 1. The Hall–Kier alpha value is -2.22. The molecule has 1 amide bonds. The molecule has 0 aliphatic heterocycles. The number of amides is 1. The van der Waals surface area contributed by atoms with Crippen molar-refractivity contribution >= 4 is 27.5 Å². The van der Waals surface area contributed by atoms with Crippen LogP contribution in [0.4, 0.5) is 18.9 Å². The van der Waals surface area contributed by atoms with E-state index in [1.165, 1.54) is 25.1 Å². The second-order valence-electron chi connectivity index (χ2n) is 4.87. The van der Waals surface area contributed by atoms with Gasteiger partial charge in [0.05, 0.1) is 11.3 Å². The monoisotopic (exact) mass is 402 g/mol. The van der Waals surface area contributed by atoms with Gasteiger partial charge in [0.1, 0.15) is 5.75 Å². The fourth-order valence-electron chi connectivity index (χ4n) is 1.84. The average Bonchev–Trinajstić information content (AvgIpc) is 2.54. The number of carbonyl (C=O) groups is 1. The van der Waals surface area contributed by atoms with Crippen LogP contribution in [-0.2, 0) is 11.0 Å². The molecule has 0 saturated heterocycles. The van der Waals surface area contributed by atoms with E-state index in [9.17, 15) is 18.0 Å². The minimum atomic E-state index is -4.52. The summed E-state index contributed by atoms with van der Waals surface area (Å²) >= 11 is 3.28. The molecule has 0 spiro atoms. The molecule has 0 aliphatic rings. The van der Waals surface area contributed by atoms with Gasteiger partial charge in [0.2, 0.25) is 0 Å². The number of hydrogen-bond donors (Lipinski definition) is 2. The van der Waals surface area contributed by atoms with Gasteiger partial charge in [0.25, 0.3) is 5.91 Å². The highest BCUT2D eigenvalue weighted by molar-refractivity contribution is 9.10. The summed E-state index contributed by atoms with van der Waals surface area (Å²) in [7, 11) is 0. The largest absolute Gasteiger partial charge is 0.481 e. The third-order valence-corrected chi connectivity index (χ3v) is 3.58. The second kappa shape index (κ2) is 7.57. The number of para-hydroxylation sites is 1. The molecule has 0 fully saturated rings. The van der Waals surface area contributed by atoms with Crippen LogP contribution in [0.3, 0.4) is 0 Å². The summed E-state index contributed by atoms with van der Waals surface area (Å²) in [5.74, 6) is -0.133. The normalized spacial score (nSPS) is 12.4. The number of halogens is 4. The summed E-state index contributed by atoms with van der Waals surface area (Å²) in [6.45, 7) is 1.49. The lowest BCUT2D eigenvalue weighted by Crippen LogP contribution is -2.40. The van der Waals surface area contributed by atoms with E-state index in [2.05, 4.69) is 26.8 Å². The minimum absolute atomic E-state index is 0.241. The van der Waals surface area contributed by atoms with Crippen LogP contribution in [0.15, 0.2) is 53.0 Å². The van der Waals surface area contributed by atoms with E-state index in [-0.39, 0.29) is 5.69 Å². The second-order valence-corrected chi connectivity index (χ2v) is 5.79. The lowest BCUT2D eigenvalue weighted by atomic mass is 10.2. The van der Waals surface area contributed by atoms with Gasteiger partial charge in [-0.1, -0.05) is 28.1 Å². The molecule has 0 aliphatic carbocycles. The van der Waals surface area contributed by atoms with E-state index in [0.29, 0.717) is 5.75 Å². The maximum absolute atomic E-state index is 12.9. The first-order valence-corrected chi connectivity index (χ1v) is 7.71. The molecule has 1 unspecified atom stereocenters.